The van der Waals surface area contributed by atoms with Crippen LogP contribution in [-0.2, 0) is 19.1 Å². The maximum Gasteiger partial charge on any atom is 0.325 e. The van der Waals surface area contributed by atoms with Crippen molar-refractivity contribution in [1.82, 2.24) is 10.3 Å². The summed E-state index contributed by atoms with van der Waals surface area (Å²) in [6, 6.07) is 17.9. The number of para-hydroxylation sites is 1. The van der Waals surface area contributed by atoms with Crippen molar-refractivity contribution in [3.63, 3.8) is 0 Å². The molecule has 9 heteroatoms. The second kappa shape index (κ2) is 15.5. The predicted molar refractivity (Wildman–Crippen MR) is 139 cm³/mol. The van der Waals surface area contributed by atoms with E-state index in [0.29, 0.717) is 38.0 Å². The molecule has 2 aromatic carbocycles. The van der Waals surface area contributed by atoms with Gasteiger partial charge in [-0.05, 0) is 57.0 Å². The fourth-order valence-electron chi connectivity index (χ4n) is 3.98. The summed E-state index contributed by atoms with van der Waals surface area (Å²) in [6.45, 7) is 2.45. The Balaban J connectivity index is 2.19. The Bertz CT molecular complexity index is 942. The van der Waals surface area contributed by atoms with Gasteiger partial charge in [-0.15, -0.1) is 0 Å². The monoisotopic (exact) mass is 498 g/mol. The molecule has 0 saturated carbocycles. The molecule has 0 aliphatic carbocycles. The molecule has 0 saturated heterocycles. The summed E-state index contributed by atoms with van der Waals surface area (Å²) in [6.07, 6.45) is 2.37. The molecule has 196 valence electrons. The molecule has 0 radical (unpaired) electrons. The van der Waals surface area contributed by atoms with E-state index in [2.05, 4.69) is 5.32 Å². The third-order valence-electron chi connectivity index (χ3n) is 5.87. The number of hydrogen-bond acceptors (Lipinski definition) is 7. The van der Waals surface area contributed by atoms with Gasteiger partial charge >= 0.3 is 11.9 Å². The number of ether oxygens (including phenoxy) is 1. The van der Waals surface area contributed by atoms with Crippen LogP contribution in [0.4, 0.5) is 5.69 Å². The standard InChI is InChI=1S/C27H38N4O5/c1-3-36-27(35)23(21-12-6-4-7-13-21)17-19-29-24(16-10-11-18-28)26(34)31(20-25(32)33)30(2)22-14-8-5-9-15-22/h4-9,12-15,23-24,29H,3,10-11,16-20,28H2,1-2H3,(H,32,33)/t23-,24-/m0/s1. The van der Waals surface area contributed by atoms with E-state index >= 15 is 0 Å². The van der Waals surface area contributed by atoms with Gasteiger partial charge in [0.05, 0.1) is 24.3 Å². The van der Waals surface area contributed by atoms with Gasteiger partial charge in [0, 0.05) is 7.05 Å². The first-order valence-electron chi connectivity index (χ1n) is 12.4. The lowest BCUT2D eigenvalue weighted by molar-refractivity contribution is -0.146. The van der Waals surface area contributed by atoms with Crippen LogP contribution in [0.2, 0.25) is 0 Å². The molecule has 36 heavy (non-hydrogen) atoms. The highest BCUT2D eigenvalue weighted by Crippen LogP contribution is 2.21. The van der Waals surface area contributed by atoms with Crippen molar-refractivity contribution in [2.75, 3.05) is 38.3 Å². The molecule has 0 bridgehead atoms. The molecule has 0 fully saturated rings. The van der Waals surface area contributed by atoms with Crippen molar-refractivity contribution >= 4 is 23.5 Å². The molecular weight excluding hydrogens is 460 g/mol. The Kier molecular flexibility index (Phi) is 12.4. The normalized spacial score (nSPS) is 12.4. The third kappa shape index (κ3) is 8.98. The van der Waals surface area contributed by atoms with Crippen LogP contribution in [0.5, 0.6) is 0 Å². The second-order valence-corrected chi connectivity index (χ2v) is 8.44. The predicted octanol–water partition coefficient (Wildman–Crippen LogP) is 2.78. The van der Waals surface area contributed by atoms with Gasteiger partial charge in [0.1, 0.15) is 6.54 Å². The number of nitrogens with zero attached hydrogens (tertiary/aromatic N) is 2. The molecular formula is C27H38N4O5. The number of nitrogens with two attached hydrogens (primary N) is 1. The van der Waals surface area contributed by atoms with Gasteiger partial charge in [-0.1, -0.05) is 55.0 Å². The van der Waals surface area contributed by atoms with Crippen LogP contribution < -0.4 is 16.1 Å². The summed E-state index contributed by atoms with van der Waals surface area (Å²) >= 11 is 0. The fourth-order valence-corrected chi connectivity index (χ4v) is 3.98. The zero-order valence-corrected chi connectivity index (χ0v) is 21.1. The first-order valence-corrected chi connectivity index (χ1v) is 12.4. The largest absolute Gasteiger partial charge is 0.480 e. The summed E-state index contributed by atoms with van der Waals surface area (Å²) in [7, 11) is 1.67. The minimum absolute atomic E-state index is 0.283. The number of benzene rings is 2. The fraction of sp³-hybridized carbons (Fsp3) is 0.444. The van der Waals surface area contributed by atoms with Crippen LogP contribution in [0.3, 0.4) is 0 Å². The molecule has 4 N–H and O–H groups in total. The van der Waals surface area contributed by atoms with Gasteiger partial charge in [0.25, 0.3) is 5.91 Å². The van der Waals surface area contributed by atoms with Crippen molar-refractivity contribution < 1.29 is 24.2 Å². The molecule has 0 aliphatic rings. The minimum Gasteiger partial charge on any atom is -0.480 e. The number of amides is 1. The summed E-state index contributed by atoms with van der Waals surface area (Å²) in [5, 5.41) is 15.6. The topological polar surface area (TPSA) is 125 Å². The highest BCUT2D eigenvalue weighted by Gasteiger charge is 2.29. The van der Waals surface area contributed by atoms with Crippen LogP contribution in [0.1, 0.15) is 44.1 Å². The SMILES string of the molecule is CCOC(=O)[C@@H](CCN[C@@H](CCCCN)C(=O)N(CC(=O)O)N(C)c1ccccc1)c1ccccc1. The van der Waals surface area contributed by atoms with E-state index in [1.54, 1.807) is 19.0 Å². The maximum absolute atomic E-state index is 13.6. The number of carbonyl (C=O) groups is 3. The van der Waals surface area contributed by atoms with Crippen molar-refractivity contribution in [3.8, 4) is 0 Å². The van der Waals surface area contributed by atoms with Crippen LogP contribution in [-0.4, -0.2) is 67.3 Å². The molecule has 2 rings (SSSR count). The van der Waals surface area contributed by atoms with Gasteiger partial charge in [-0.3, -0.25) is 19.4 Å². The Labute approximate surface area is 213 Å². The van der Waals surface area contributed by atoms with Crippen LogP contribution >= 0.6 is 0 Å². The quantitative estimate of drug-likeness (QED) is 0.183. The first kappa shape index (κ1) is 28.8. The molecule has 1 amide bonds. The highest BCUT2D eigenvalue weighted by molar-refractivity contribution is 5.87. The minimum atomic E-state index is -1.11. The zero-order valence-electron chi connectivity index (χ0n) is 21.1. The number of rotatable bonds is 16. The maximum atomic E-state index is 13.6. The van der Waals surface area contributed by atoms with Gasteiger partial charge in [-0.2, -0.15) is 0 Å². The summed E-state index contributed by atoms with van der Waals surface area (Å²) in [4.78, 5) is 37.9. The number of hydrazine groups is 1. The number of carboxylic acids is 1. The lowest BCUT2D eigenvalue weighted by Gasteiger charge is -2.35. The zero-order chi connectivity index (χ0) is 26.3. The van der Waals surface area contributed by atoms with E-state index in [9.17, 15) is 19.5 Å². The molecule has 2 aromatic rings. The second-order valence-electron chi connectivity index (χ2n) is 8.44. The Morgan fingerprint density at radius 2 is 1.64 bits per heavy atom. The van der Waals surface area contributed by atoms with Gasteiger partial charge in [0.2, 0.25) is 0 Å². The number of carboxylic acid groups (broad SMARTS) is 1. The Morgan fingerprint density at radius 1 is 1.00 bits per heavy atom. The van der Waals surface area contributed by atoms with E-state index < -0.39 is 24.5 Å². The van der Waals surface area contributed by atoms with Crippen LogP contribution in [0.25, 0.3) is 0 Å². The third-order valence-corrected chi connectivity index (χ3v) is 5.87. The van der Waals surface area contributed by atoms with E-state index in [-0.39, 0.29) is 18.5 Å². The van der Waals surface area contributed by atoms with Crippen molar-refractivity contribution in [1.29, 1.82) is 0 Å². The lowest BCUT2D eigenvalue weighted by Crippen LogP contribution is -2.54. The summed E-state index contributed by atoms with van der Waals surface area (Å²) in [5.41, 5.74) is 7.19. The summed E-state index contributed by atoms with van der Waals surface area (Å²) in [5.74, 6) is -2.25. The van der Waals surface area contributed by atoms with Crippen molar-refractivity contribution in [2.45, 2.75) is 44.6 Å². The Morgan fingerprint density at radius 3 is 2.22 bits per heavy atom. The lowest BCUT2D eigenvalue weighted by atomic mass is 9.95. The average Bonchev–Trinajstić information content (AvgIpc) is 2.89. The smallest absolute Gasteiger partial charge is 0.325 e. The number of nitrogens with one attached hydrogen (secondary N) is 1. The number of unbranched alkanes of at least 4 members (excludes halogenated alkanes) is 1. The molecule has 2 atom stereocenters. The molecule has 9 nitrogen and oxygen atoms in total. The van der Waals surface area contributed by atoms with Crippen LogP contribution in [0, 0.1) is 0 Å². The average molecular weight is 499 g/mol. The van der Waals surface area contributed by atoms with Gasteiger partial charge in [-0.25, -0.2) is 5.01 Å². The first-order chi connectivity index (χ1) is 17.4. The van der Waals surface area contributed by atoms with Crippen LogP contribution in [0.15, 0.2) is 60.7 Å². The van der Waals surface area contributed by atoms with Gasteiger partial charge < -0.3 is 20.9 Å². The van der Waals surface area contributed by atoms with E-state index in [4.69, 9.17) is 10.5 Å². The number of carbonyl (C=O) groups excluding carboxylic acids is 2. The van der Waals surface area contributed by atoms with E-state index in [1.165, 1.54) is 5.01 Å². The number of esters is 1. The molecule has 0 unspecified atom stereocenters. The van der Waals surface area contributed by atoms with E-state index in [0.717, 1.165) is 12.0 Å². The number of anilines is 1. The Hall–Kier alpha value is -3.43. The highest BCUT2D eigenvalue weighted by atomic mass is 16.5. The number of hydrogen-bond donors (Lipinski definition) is 3. The molecule has 0 heterocycles. The van der Waals surface area contributed by atoms with Gasteiger partial charge in [0.15, 0.2) is 0 Å². The number of aliphatic carboxylic acids is 1. The molecule has 0 aliphatic heterocycles. The van der Waals surface area contributed by atoms with E-state index in [1.807, 2.05) is 60.7 Å². The summed E-state index contributed by atoms with van der Waals surface area (Å²) < 4.78 is 5.28. The molecule has 0 spiro atoms. The molecule has 0 aromatic heterocycles. The van der Waals surface area contributed by atoms with Crippen molar-refractivity contribution in [2.24, 2.45) is 5.73 Å². The van der Waals surface area contributed by atoms with Crippen molar-refractivity contribution in [3.05, 3.63) is 66.2 Å².